The first-order valence-corrected chi connectivity index (χ1v) is 6.49. The predicted octanol–water partition coefficient (Wildman–Crippen LogP) is -1.74. The maximum absolute atomic E-state index is 11.4. The highest BCUT2D eigenvalue weighted by atomic mass is 32.2. The summed E-state index contributed by atoms with van der Waals surface area (Å²) in [6.07, 6.45) is -0.347. The van der Waals surface area contributed by atoms with Gasteiger partial charge < -0.3 is 26.0 Å². The van der Waals surface area contributed by atoms with Crippen LogP contribution in [0.5, 0.6) is 0 Å². The third kappa shape index (κ3) is 7.59. The van der Waals surface area contributed by atoms with Gasteiger partial charge in [0.2, 0.25) is 5.91 Å². The predicted molar refractivity (Wildman–Crippen MR) is 69.1 cm³/mol. The lowest BCUT2D eigenvalue weighted by Crippen LogP contribution is -2.44. The average molecular weight is 308 g/mol. The van der Waals surface area contributed by atoms with Gasteiger partial charge in [0.05, 0.1) is 19.6 Å². The zero-order valence-corrected chi connectivity index (χ0v) is 11.5. The van der Waals surface area contributed by atoms with Gasteiger partial charge in [-0.05, 0) is 0 Å². The second-order valence-electron chi connectivity index (χ2n) is 3.66. The van der Waals surface area contributed by atoms with E-state index in [4.69, 9.17) is 15.9 Å². The SMILES string of the molecule is COC(=O)CC(SC[C@H](N)C(=O)NCC(=O)O)C(=O)O. The molecule has 0 saturated carbocycles. The topological polar surface area (TPSA) is 156 Å². The molecular weight excluding hydrogens is 292 g/mol. The molecule has 0 fully saturated rings. The molecule has 1 unspecified atom stereocenters. The molecule has 1 amide bonds. The maximum Gasteiger partial charge on any atom is 0.322 e. The van der Waals surface area contributed by atoms with Gasteiger partial charge in [-0.15, -0.1) is 11.8 Å². The molecule has 0 saturated heterocycles. The number of carboxylic acid groups (broad SMARTS) is 2. The molecule has 0 aromatic carbocycles. The average Bonchev–Trinajstić information content (AvgIpc) is 2.39. The number of thioether (sulfide) groups is 1. The summed E-state index contributed by atoms with van der Waals surface area (Å²) in [5.74, 6) is -3.90. The van der Waals surface area contributed by atoms with E-state index in [0.29, 0.717) is 0 Å². The number of methoxy groups -OCH3 is 1. The molecule has 114 valence electrons. The Hall–Kier alpha value is -1.81. The summed E-state index contributed by atoms with van der Waals surface area (Å²) < 4.78 is 4.36. The Morgan fingerprint density at radius 2 is 1.90 bits per heavy atom. The van der Waals surface area contributed by atoms with Crippen molar-refractivity contribution in [2.45, 2.75) is 17.7 Å². The Bertz CT molecular complexity index is 388. The van der Waals surface area contributed by atoms with Crippen LogP contribution < -0.4 is 11.1 Å². The van der Waals surface area contributed by atoms with Crippen molar-refractivity contribution >= 4 is 35.6 Å². The van der Waals surface area contributed by atoms with E-state index in [2.05, 4.69) is 10.1 Å². The normalized spacial score (nSPS) is 13.1. The maximum atomic E-state index is 11.4. The van der Waals surface area contributed by atoms with Crippen molar-refractivity contribution in [2.24, 2.45) is 5.73 Å². The van der Waals surface area contributed by atoms with Gasteiger partial charge in [-0.25, -0.2) is 0 Å². The van der Waals surface area contributed by atoms with E-state index in [1.165, 1.54) is 0 Å². The summed E-state index contributed by atoms with van der Waals surface area (Å²) >= 11 is 0.810. The number of aliphatic carboxylic acids is 2. The monoisotopic (exact) mass is 308 g/mol. The minimum atomic E-state index is -1.22. The van der Waals surface area contributed by atoms with Gasteiger partial charge in [0.25, 0.3) is 0 Å². The lowest BCUT2D eigenvalue weighted by molar-refractivity contribution is -0.145. The van der Waals surface area contributed by atoms with Crippen LogP contribution >= 0.6 is 11.8 Å². The van der Waals surface area contributed by atoms with E-state index in [0.717, 1.165) is 18.9 Å². The van der Waals surface area contributed by atoms with Crippen LogP contribution in [0.4, 0.5) is 0 Å². The van der Waals surface area contributed by atoms with Crippen molar-refractivity contribution in [3.05, 3.63) is 0 Å². The minimum Gasteiger partial charge on any atom is -0.480 e. The summed E-state index contributed by atoms with van der Waals surface area (Å²) in [6.45, 7) is -0.568. The van der Waals surface area contributed by atoms with Gasteiger partial charge in [0.1, 0.15) is 11.8 Å². The molecule has 0 aliphatic rings. The second kappa shape index (κ2) is 9.15. The molecular formula is C10H16N2O7S. The van der Waals surface area contributed by atoms with E-state index >= 15 is 0 Å². The number of amides is 1. The molecule has 20 heavy (non-hydrogen) atoms. The van der Waals surface area contributed by atoms with E-state index in [1.807, 2.05) is 0 Å². The summed E-state index contributed by atoms with van der Waals surface area (Å²) in [5, 5.41) is 18.3. The molecule has 0 aromatic heterocycles. The number of nitrogens with one attached hydrogen (secondary N) is 1. The highest BCUT2D eigenvalue weighted by Gasteiger charge is 2.24. The van der Waals surface area contributed by atoms with Crippen LogP contribution in [0.25, 0.3) is 0 Å². The van der Waals surface area contributed by atoms with Crippen molar-refractivity contribution in [3.63, 3.8) is 0 Å². The third-order valence-corrected chi connectivity index (χ3v) is 3.40. The number of esters is 1. The van der Waals surface area contributed by atoms with Gasteiger partial charge in [0, 0.05) is 5.75 Å². The molecule has 0 bridgehead atoms. The summed E-state index contributed by atoms with van der Waals surface area (Å²) in [7, 11) is 1.14. The first kappa shape index (κ1) is 18.2. The smallest absolute Gasteiger partial charge is 0.322 e. The number of carbonyl (C=O) groups is 4. The minimum absolute atomic E-state index is 0.0700. The largest absolute Gasteiger partial charge is 0.480 e. The number of rotatable bonds is 9. The highest BCUT2D eigenvalue weighted by Crippen LogP contribution is 2.16. The summed E-state index contributed by atoms with van der Waals surface area (Å²) in [4.78, 5) is 43.5. The van der Waals surface area contributed by atoms with Crippen LogP contribution in [0.1, 0.15) is 6.42 Å². The quantitative estimate of drug-likeness (QED) is 0.363. The molecule has 0 radical (unpaired) electrons. The number of carboxylic acids is 2. The number of nitrogens with two attached hydrogens (primary N) is 1. The van der Waals surface area contributed by atoms with Crippen molar-refractivity contribution in [1.29, 1.82) is 0 Å². The standard InChI is InChI=1S/C10H16N2O7S/c1-19-8(15)2-6(10(17)18)20-4-5(11)9(16)12-3-7(13)14/h5-6H,2-4,11H2,1H3,(H,12,16)(H,13,14)(H,17,18)/t5-,6?/m0/s1. The second-order valence-corrected chi connectivity index (χ2v) is 4.89. The van der Waals surface area contributed by atoms with Crippen molar-refractivity contribution < 1.29 is 34.1 Å². The third-order valence-electron chi connectivity index (χ3n) is 2.08. The summed E-state index contributed by atoms with van der Waals surface area (Å²) in [6, 6.07) is -1.07. The van der Waals surface area contributed by atoms with Crippen LogP contribution in [0, 0.1) is 0 Å². The number of ether oxygens (including phenoxy) is 1. The first-order chi connectivity index (χ1) is 9.27. The molecule has 0 aliphatic heterocycles. The highest BCUT2D eigenvalue weighted by molar-refractivity contribution is 8.00. The Balaban J connectivity index is 4.26. The lowest BCUT2D eigenvalue weighted by atomic mass is 10.3. The van der Waals surface area contributed by atoms with Gasteiger partial charge in [-0.2, -0.15) is 0 Å². The van der Waals surface area contributed by atoms with Crippen LogP contribution in [-0.4, -0.2) is 64.7 Å². The molecule has 9 nitrogen and oxygen atoms in total. The molecule has 2 atom stereocenters. The number of hydrogen-bond acceptors (Lipinski definition) is 7. The number of hydrogen-bond donors (Lipinski definition) is 4. The Morgan fingerprint density at radius 1 is 1.30 bits per heavy atom. The van der Waals surface area contributed by atoms with Crippen molar-refractivity contribution in [2.75, 3.05) is 19.4 Å². The number of carbonyl (C=O) groups excluding carboxylic acids is 2. The molecule has 10 heteroatoms. The van der Waals surface area contributed by atoms with Gasteiger partial charge in [-0.3, -0.25) is 19.2 Å². The zero-order valence-electron chi connectivity index (χ0n) is 10.7. The van der Waals surface area contributed by atoms with Crippen LogP contribution in [0.2, 0.25) is 0 Å². The fraction of sp³-hybridized carbons (Fsp3) is 0.600. The van der Waals surface area contributed by atoms with Gasteiger partial charge in [0.15, 0.2) is 0 Å². The van der Waals surface area contributed by atoms with Crippen molar-refractivity contribution in [3.8, 4) is 0 Å². The van der Waals surface area contributed by atoms with Crippen LogP contribution in [0.3, 0.4) is 0 Å². The fourth-order valence-corrected chi connectivity index (χ4v) is 2.03. The zero-order chi connectivity index (χ0) is 15.7. The molecule has 0 aliphatic carbocycles. The Morgan fingerprint density at radius 3 is 2.35 bits per heavy atom. The molecule has 0 heterocycles. The van der Waals surface area contributed by atoms with Crippen LogP contribution in [0.15, 0.2) is 0 Å². The first-order valence-electron chi connectivity index (χ1n) is 5.44. The van der Waals surface area contributed by atoms with Crippen LogP contribution in [-0.2, 0) is 23.9 Å². The Labute approximate surface area is 118 Å². The van der Waals surface area contributed by atoms with Gasteiger partial charge in [-0.1, -0.05) is 0 Å². The van der Waals surface area contributed by atoms with E-state index < -0.39 is 41.7 Å². The molecule has 0 rings (SSSR count). The van der Waals surface area contributed by atoms with Crippen molar-refractivity contribution in [1.82, 2.24) is 5.32 Å². The van der Waals surface area contributed by atoms with E-state index in [1.54, 1.807) is 0 Å². The van der Waals surface area contributed by atoms with E-state index in [-0.39, 0.29) is 12.2 Å². The van der Waals surface area contributed by atoms with Gasteiger partial charge >= 0.3 is 17.9 Å². The molecule has 0 spiro atoms. The fourth-order valence-electron chi connectivity index (χ4n) is 1.04. The lowest BCUT2D eigenvalue weighted by Gasteiger charge is -2.14. The van der Waals surface area contributed by atoms with E-state index in [9.17, 15) is 19.2 Å². The summed E-state index contributed by atoms with van der Waals surface area (Å²) in [5.41, 5.74) is 5.48. The molecule has 5 N–H and O–H groups in total. The Kier molecular flexibility index (Phi) is 8.32. The molecule has 0 aromatic rings.